The Kier molecular flexibility index (Phi) is 6.06. The number of benzene rings is 2. The molecule has 178 valence electrons. The number of rotatable bonds is 4. The number of aromatic nitrogens is 1. The third-order valence-corrected chi connectivity index (χ3v) is 6.46. The second-order valence-corrected chi connectivity index (χ2v) is 10.3. The molecule has 1 aromatic heterocycles. The number of phenolic OH excluding ortho intramolecular Hbond substituents is 1. The van der Waals surface area contributed by atoms with Crippen molar-refractivity contribution in [1.29, 1.82) is 0 Å². The molecule has 0 saturated carbocycles. The summed E-state index contributed by atoms with van der Waals surface area (Å²) >= 11 is 3.19. The van der Waals surface area contributed by atoms with Crippen LogP contribution in [-0.2, 0) is 22.6 Å². The number of anilines is 2. The summed E-state index contributed by atoms with van der Waals surface area (Å²) in [4.78, 5) is 18.8. The van der Waals surface area contributed by atoms with Crippen molar-refractivity contribution in [3.8, 4) is 16.9 Å². The molecular formula is C22H17BrF3N3O4S. The largest absolute Gasteiger partial charge is 0.506 e. The molecule has 0 radical (unpaired) electrons. The predicted molar refractivity (Wildman–Crippen MR) is 124 cm³/mol. The Balaban J connectivity index is 1.64. The zero-order valence-corrected chi connectivity index (χ0v) is 19.9. The van der Waals surface area contributed by atoms with Crippen LogP contribution in [0.3, 0.4) is 0 Å². The lowest BCUT2D eigenvalue weighted by molar-refractivity contribution is -0.137. The van der Waals surface area contributed by atoms with E-state index in [9.17, 15) is 31.5 Å². The van der Waals surface area contributed by atoms with Gasteiger partial charge >= 0.3 is 6.18 Å². The third kappa shape index (κ3) is 4.87. The zero-order valence-electron chi connectivity index (χ0n) is 17.5. The molecule has 4 rings (SSSR count). The number of nitrogens with zero attached hydrogens (tertiary/aromatic N) is 2. The quantitative estimate of drug-likeness (QED) is 0.450. The Bertz CT molecular complexity index is 1410. The first kappa shape index (κ1) is 24.0. The molecule has 2 aromatic carbocycles. The number of carbonyl (C=O) groups is 1. The van der Waals surface area contributed by atoms with Gasteiger partial charge in [0.25, 0.3) is 5.91 Å². The smallest absolute Gasteiger partial charge is 0.416 e. The van der Waals surface area contributed by atoms with Crippen LogP contribution in [-0.4, -0.2) is 37.2 Å². The molecule has 1 amide bonds. The second kappa shape index (κ2) is 8.58. The first-order valence-electron chi connectivity index (χ1n) is 9.82. The number of hydrogen-bond acceptors (Lipinski definition) is 5. The molecule has 34 heavy (non-hydrogen) atoms. The van der Waals surface area contributed by atoms with Gasteiger partial charge in [0.05, 0.1) is 17.5 Å². The van der Waals surface area contributed by atoms with Gasteiger partial charge in [0.15, 0.2) is 0 Å². The number of halogens is 4. The zero-order chi connectivity index (χ0) is 24.8. The number of phenols is 1. The van der Waals surface area contributed by atoms with Crippen molar-refractivity contribution in [1.82, 2.24) is 4.98 Å². The topological polar surface area (TPSA) is 99.6 Å². The predicted octanol–water partition coefficient (Wildman–Crippen LogP) is 4.81. The van der Waals surface area contributed by atoms with Crippen LogP contribution in [0.15, 0.2) is 53.1 Å². The number of aromatic hydroxyl groups is 1. The molecule has 0 spiro atoms. The highest BCUT2D eigenvalue weighted by Gasteiger charge is 2.31. The van der Waals surface area contributed by atoms with Crippen molar-refractivity contribution in [2.24, 2.45) is 0 Å². The Morgan fingerprint density at radius 1 is 1.15 bits per heavy atom. The van der Waals surface area contributed by atoms with E-state index in [0.29, 0.717) is 28.8 Å². The molecule has 1 aliphatic rings. The summed E-state index contributed by atoms with van der Waals surface area (Å²) < 4.78 is 64.4. The van der Waals surface area contributed by atoms with E-state index >= 15 is 0 Å². The number of fused-ring (bicyclic) bond motifs is 1. The maximum absolute atomic E-state index is 13.1. The minimum Gasteiger partial charge on any atom is -0.506 e. The molecule has 0 atom stereocenters. The van der Waals surface area contributed by atoms with Gasteiger partial charge < -0.3 is 10.0 Å². The third-order valence-electron chi connectivity index (χ3n) is 5.21. The van der Waals surface area contributed by atoms with E-state index in [1.54, 1.807) is 6.07 Å². The van der Waals surface area contributed by atoms with E-state index < -0.39 is 27.7 Å². The molecule has 2 N–H and O–H groups in total. The Labute approximate surface area is 201 Å². The van der Waals surface area contributed by atoms with Gasteiger partial charge in [-0.25, -0.2) is 8.42 Å². The van der Waals surface area contributed by atoms with Crippen molar-refractivity contribution in [2.75, 3.05) is 22.4 Å². The van der Waals surface area contributed by atoms with E-state index in [-0.39, 0.29) is 28.1 Å². The average Bonchev–Trinajstić information content (AvgIpc) is 2.74. The minimum atomic E-state index is -4.46. The van der Waals surface area contributed by atoms with Gasteiger partial charge in [0.1, 0.15) is 11.4 Å². The van der Waals surface area contributed by atoms with Crippen LogP contribution >= 0.6 is 15.9 Å². The van der Waals surface area contributed by atoms with Crippen molar-refractivity contribution in [3.05, 3.63) is 70.0 Å². The summed E-state index contributed by atoms with van der Waals surface area (Å²) in [6, 6.07) is 9.17. The number of pyridine rings is 1. The summed E-state index contributed by atoms with van der Waals surface area (Å²) in [7, 11) is -3.65. The fourth-order valence-electron chi connectivity index (χ4n) is 3.65. The van der Waals surface area contributed by atoms with E-state index in [1.165, 1.54) is 35.4 Å². The van der Waals surface area contributed by atoms with Gasteiger partial charge in [-0.3, -0.25) is 14.5 Å². The van der Waals surface area contributed by atoms with Crippen LogP contribution in [0.2, 0.25) is 0 Å². The fourth-order valence-corrected chi connectivity index (χ4v) is 4.82. The summed E-state index contributed by atoms with van der Waals surface area (Å²) in [5, 5.41) is 9.93. The number of alkyl halides is 3. The highest BCUT2D eigenvalue weighted by Crippen LogP contribution is 2.37. The van der Waals surface area contributed by atoms with E-state index in [1.807, 2.05) is 0 Å². The Morgan fingerprint density at radius 2 is 1.88 bits per heavy atom. The number of nitrogens with one attached hydrogen (secondary N) is 1. The highest BCUT2D eigenvalue weighted by atomic mass is 79.9. The summed E-state index contributed by atoms with van der Waals surface area (Å²) in [5.74, 6) is -0.709. The molecule has 2 heterocycles. The van der Waals surface area contributed by atoms with Crippen LogP contribution in [0.5, 0.6) is 5.75 Å². The molecule has 7 nitrogen and oxygen atoms in total. The Hall–Kier alpha value is -3.12. The number of sulfonamides is 1. The molecule has 0 fully saturated rings. The monoisotopic (exact) mass is 555 g/mol. The van der Waals surface area contributed by atoms with E-state index in [2.05, 4.69) is 25.6 Å². The van der Waals surface area contributed by atoms with Gasteiger partial charge in [0, 0.05) is 28.5 Å². The van der Waals surface area contributed by atoms with Crippen molar-refractivity contribution < 1.29 is 31.5 Å². The van der Waals surface area contributed by atoms with Crippen molar-refractivity contribution in [3.63, 3.8) is 0 Å². The number of amides is 1. The summed E-state index contributed by atoms with van der Waals surface area (Å²) in [6.45, 7) is 0.258. The van der Waals surface area contributed by atoms with Crippen LogP contribution in [0.4, 0.5) is 24.5 Å². The standard InChI is InChI=1S/C22H17BrF3N3O4S/c1-34(32,33)28-18-10-15(3-5-19(18)30)29-7-6-12-8-13(11-27-20(12)21(29)31)16-4-2-14(9-17(16)23)22(24,25)26/h2-5,8-11,28,30H,6-7H2,1H3. The van der Waals surface area contributed by atoms with Gasteiger partial charge in [0.2, 0.25) is 10.0 Å². The van der Waals surface area contributed by atoms with Crippen LogP contribution in [0.1, 0.15) is 21.6 Å². The molecule has 0 saturated heterocycles. The lowest BCUT2D eigenvalue weighted by Crippen LogP contribution is -2.38. The van der Waals surface area contributed by atoms with E-state index in [4.69, 9.17) is 0 Å². The molecule has 1 aliphatic heterocycles. The highest BCUT2D eigenvalue weighted by molar-refractivity contribution is 9.10. The van der Waals surface area contributed by atoms with Crippen LogP contribution in [0, 0.1) is 0 Å². The molecule has 0 bridgehead atoms. The van der Waals surface area contributed by atoms with Crippen molar-refractivity contribution in [2.45, 2.75) is 12.6 Å². The number of carbonyl (C=O) groups excluding carboxylic acids is 1. The molecule has 12 heteroatoms. The second-order valence-electron chi connectivity index (χ2n) is 7.71. The Morgan fingerprint density at radius 3 is 2.53 bits per heavy atom. The maximum atomic E-state index is 13.1. The first-order valence-corrected chi connectivity index (χ1v) is 12.5. The molecule has 0 aliphatic carbocycles. The maximum Gasteiger partial charge on any atom is 0.416 e. The fraction of sp³-hybridized carbons (Fsp3) is 0.182. The van der Waals surface area contributed by atoms with Crippen LogP contribution in [0.25, 0.3) is 11.1 Å². The summed E-state index contributed by atoms with van der Waals surface area (Å²) in [6.07, 6.45) is -1.69. The lowest BCUT2D eigenvalue weighted by atomic mass is 9.98. The number of hydrogen-bond donors (Lipinski definition) is 2. The lowest BCUT2D eigenvalue weighted by Gasteiger charge is -2.28. The SMILES string of the molecule is CS(=O)(=O)Nc1cc(N2CCc3cc(-c4ccc(C(F)(F)F)cc4Br)cnc3C2=O)ccc1O. The average molecular weight is 556 g/mol. The molecule has 3 aromatic rings. The van der Waals surface area contributed by atoms with E-state index in [0.717, 1.165) is 18.4 Å². The van der Waals surface area contributed by atoms with Gasteiger partial charge in [-0.15, -0.1) is 0 Å². The van der Waals surface area contributed by atoms with Gasteiger partial charge in [-0.1, -0.05) is 22.0 Å². The van der Waals surface area contributed by atoms with Crippen molar-refractivity contribution >= 4 is 43.2 Å². The molecular weight excluding hydrogens is 539 g/mol. The summed E-state index contributed by atoms with van der Waals surface area (Å²) in [5.41, 5.74) is 1.42. The van der Waals surface area contributed by atoms with Gasteiger partial charge in [-0.2, -0.15) is 13.2 Å². The normalized spacial score (nSPS) is 14.1. The molecule has 0 unspecified atom stereocenters. The van der Waals surface area contributed by atoms with Crippen LogP contribution < -0.4 is 9.62 Å². The minimum absolute atomic E-state index is 0.0611. The van der Waals surface area contributed by atoms with Gasteiger partial charge in [-0.05, 0) is 53.9 Å². The first-order chi connectivity index (χ1) is 15.8.